The molecule has 0 amide bonds. The van der Waals surface area contributed by atoms with Crippen molar-refractivity contribution in [3.63, 3.8) is 0 Å². The van der Waals surface area contributed by atoms with Gasteiger partial charge in [-0.25, -0.2) is 4.85 Å². The molecule has 0 atom stereocenters. The lowest BCUT2D eigenvalue weighted by atomic mass is 9.97. The van der Waals surface area contributed by atoms with Gasteiger partial charge in [0, 0.05) is 38.4 Å². The van der Waals surface area contributed by atoms with E-state index < -0.39 is 11.7 Å². The summed E-state index contributed by atoms with van der Waals surface area (Å²) in [4.78, 5) is 3.87. The van der Waals surface area contributed by atoms with Crippen molar-refractivity contribution in [2.45, 2.75) is 6.18 Å². The predicted octanol–water partition coefficient (Wildman–Crippen LogP) is 17.8. The Balaban J connectivity index is 1.16. The topological polar surface area (TPSA) is 14.2 Å². The van der Waals surface area contributed by atoms with E-state index in [2.05, 4.69) is 135 Å². The van der Waals surface area contributed by atoms with Crippen LogP contribution in [0.25, 0.3) is 115 Å². The number of hydrogen-bond acceptors (Lipinski definition) is 0. The molecule has 2 aromatic heterocycles. The third-order valence-corrected chi connectivity index (χ3v) is 13.2. The Kier molecular flexibility index (Phi) is 9.67. The van der Waals surface area contributed by atoms with Crippen LogP contribution in [0.3, 0.4) is 0 Å². The molecule has 0 spiro atoms. The average molecular weight is 882 g/mol. The summed E-state index contributed by atoms with van der Waals surface area (Å²) in [5.41, 5.74) is 13.5. The molecule has 12 aromatic rings. The Bertz CT molecular complexity index is 3740. The van der Waals surface area contributed by atoms with E-state index in [4.69, 9.17) is 6.57 Å². The first-order valence-electron chi connectivity index (χ1n) is 22.4. The van der Waals surface area contributed by atoms with Gasteiger partial charge in [0.1, 0.15) is 0 Å². The number of alkyl halides is 3. The van der Waals surface area contributed by atoms with Crippen LogP contribution in [0, 0.1) is 6.57 Å². The van der Waals surface area contributed by atoms with E-state index in [1.54, 1.807) is 12.1 Å². The summed E-state index contributed by atoms with van der Waals surface area (Å²) in [7, 11) is 0. The largest absolute Gasteiger partial charge is 0.416 e. The molecule has 322 valence electrons. The molecule has 0 radical (unpaired) electrons. The Labute approximate surface area is 390 Å². The van der Waals surface area contributed by atoms with Gasteiger partial charge in [-0.05, 0) is 117 Å². The summed E-state index contributed by atoms with van der Waals surface area (Å²) >= 11 is 0. The number of halogens is 3. The third-order valence-electron chi connectivity index (χ3n) is 13.2. The van der Waals surface area contributed by atoms with Crippen molar-refractivity contribution in [1.82, 2.24) is 9.13 Å². The van der Waals surface area contributed by atoms with Crippen molar-refractivity contribution >= 4 is 49.3 Å². The zero-order valence-corrected chi connectivity index (χ0v) is 36.4. The Hall–Kier alpha value is -8.92. The molecule has 10 aromatic carbocycles. The maximum atomic E-state index is 15.1. The van der Waals surface area contributed by atoms with Gasteiger partial charge in [-0.15, -0.1) is 0 Å². The number of rotatable bonds is 7. The van der Waals surface area contributed by atoms with E-state index >= 15 is 13.2 Å². The summed E-state index contributed by atoms with van der Waals surface area (Å²) in [5.74, 6) is 0. The Morgan fingerprint density at radius 2 is 0.691 bits per heavy atom. The number of benzene rings is 10. The van der Waals surface area contributed by atoms with Crippen LogP contribution in [0.2, 0.25) is 0 Å². The fraction of sp³-hybridized carbons (Fsp3) is 0.0161. The van der Waals surface area contributed by atoms with Crippen molar-refractivity contribution in [1.29, 1.82) is 0 Å². The van der Waals surface area contributed by atoms with Gasteiger partial charge >= 0.3 is 6.18 Å². The lowest BCUT2D eigenvalue weighted by molar-refractivity contribution is -0.137. The van der Waals surface area contributed by atoms with Crippen LogP contribution in [0.15, 0.2) is 231 Å². The standard InChI is InChI=1S/C62H38F3N3/c1-66-49-27-28-50(61(39-49)68-58-31-24-46(42-18-10-4-11-19-42)36-53(58)54-37-47(25-32-59(54)68)43-20-12-5-13-21-43)55-38-48(62(63,64)65)26-33-60(55)67-56-29-22-44(40-14-6-2-7-15-40)34-51(56)52-35-45(23-30-57(52)67)41-16-8-3-9-17-41/h2-39H. The summed E-state index contributed by atoms with van der Waals surface area (Å²) in [6, 6.07) is 75.6. The van der Waals surface area contributed by atoms with E-state index in [1.165, 1.54) is 12.1 Å². The lowest BCUT2D eigenvalue weighted by Gasteiger charge is -2.21. The van der Waals surface area contributed by atoms with E-state index in [1.807, 2.05) is 84.9 Å². The SMILES string of the molecule is [C-]#[N+]c1ccc(-c2cc(C(F)(F)F)ccc2-n2c3ccc(-c4ccccc4)cc3c3cc(-c4ccccc4)ccc32)c(-n2c3ccc(-c4ccccc4)cc3c3cc(-c4ccccc4)ccc32)c1. The van der Waals surface area contributed by atoms with Crippen molar-refractivity contribution in [2.75, 3.05) is 0 Å². The van der Waals surface area contributed by atoms with Crippen LogP contribution < -0.4 is 0 Å². The molecule has 0 bridgehead atoms. The normalized spacial score (nSPS) is 11.7. The summed E-state index contributed by atoms with van der Waals surface area (Å²) in [6.07, 6.45) is -4.63. The number of aromatic nitrogens is 2. The molecule has 2 heterocycles. The van der Waals surface area contributed by atoms with Crippen molar-refractivity contribution in [2.24, 2.45) is 0 Å². The maximum Gasteiger partial charge on any atom is 0.416 e. The lowest BCUT2D eigenvalue weighted by Crippen LogP contribution is -2.08. The molecular formula is C62H38F3N3. The van der Waals surface area contributed by atoms with Crippen LogP contribution in [0.1, 0.15) is 5.56 Å². The first-order valence-corrected chi connectivity index (χ1v) is 22.4. The zero-order valence-electron chi connectivity index (χ0n) is 36.4. The highest BCUT2D eigenvalue weighted by atomic mass is 19.4. The number of nitrogens with zero attached hydrogens (tertiary/aromatic N) is 3. The van der Waals surface area contributed by atoms with Gasteiger partial charge in [-0.2, -0.15) is 13.2 Å². The van der Waals surface area contributed by atoms with Gasteiger partial charge in [0.15, 0.2) is 5.69 Å². The molecule has 0 fully saturated rings. The summed E-state index contributed by atoms with van der Waals surface area (Å²) in [6.45, 7) is 8.19. The highest BCUT2D eigenvalue weighted by Crippen LogP contribution is 2.46. The van der Waals surface area contributed by atoms with E-state index in [-0.39, 0.29) is 0 Å². The van der Waals surface area contributed by atoms with Gasteiger partial charge in [-0.3, -0.25) is 0 Å². The highest BCUT2D eigenvalue weighted by molar-refractivity contribution is 6.14. The van der Waals surface area contributed by atoms with Gasteiger partial charge < -0.3 is 9.13 Å². The second-order valence-electron chi connectivity index (χ2n) is 17.1. The minimum Gasteiger partial charge on any atom is -0.310 e. The minimum atomic E-state index is -4.63. The fourth-order valence-corrected chi connectivity index (χ4v) is 9.93. The Morgan fingerprint density at radius 3 is 1.04 bits per heavy atom. The number of fused-ring (bicyclic) bond motifs is 6. The second-order valence-corrected chi connectivity index (χ2v) is 17.1. The van der Waals surface area contributed by atoms with Crippen LogP contribution in [-0.2, 0) is 6.18 Å². The van der Waals surface area contributed by atoms with Crippen LogP contribution in [0.5, 0.6) is 0 Å². The molecule has 0 aliphatic heterocycles. The molecule has 0 aliphatic carbocycles. The molecule has 0 N–H and O–H groups in total. The second kappa shape index (κ2) is 16.2. The molecule has 68 heavy (non-hydrogen) atoms. The first kappa shape index (κ1) is 40.6. The van der Waals surface area contributed by atoms with Crippen molar-refractivity contribution in [3.8, 4) is 67.0 Å². The zero-order chi connectivity index (χ0) is 45.9. The first-order chi connectivity index (χ1) is 33.3. The van der Waals surface area contributed by atoms with E-state index in [0.717, 1.165) is 88.1 Å². The quantitative estimate of drug-likeness (QED) is 0.142. The Morgan fingerprint density at radius 1 is 0.324 bits per heavy atom. The molecule has 0 aliphatic rings. The van der Waals surface area contributed by atoms with Gasteiger partial charge in [0.2, 0.25) is 0 Å². The average Bonchev–Trinajstić information content (AvgIpc) is 3.90. The number of hydrogen-bond donors (Lipinski definition) is 0. The van der Waals surface area contributed by atoms with Gasteiger partial charge in [-0.1, -0.05) is 158 Å². The van der Waals surface area contributed by atoms with Gasteiger partial charge in [0.05, 0.1) is 39.9 Å². The maximum absolute atomic E-state index is 15.1. The molecule has 0 saturated heterocycles. The minimum absolute atomic E-state index is 0.368. The monoisotopic (exact) mass is 881 g/mol. The highest BCUT2D eigenvalue weighted by Gasteiger charge is 2.32. The van der Waals surface area contributed by atoms with Crippen molar-refractivity contribution < 1.29 is 13.2 Å². The third kappa shape index (κ3) is 6.92. The molecule has 3 nitrogen and oxygen atoms in total. The molecule has 0 unspecified atom stereocenters. The molecule has 0 saturated carbocycles. The smallest absolute Gasteiger partial charge is 0.310 e. The van der Waals surface area contributed by atoms with E-state index in [9.17, 15) is 0 Å². The predicted molar refractivity (Wildman–Crippen MR) is 274 cm³/mol. The molecule has 12 rings (SSSR count). The van der Waals surface area contributed by atoms with E-state index in [0.29, 0.717) is 28.2 Å². The van der Waals surface area contributed by atoms with Crippen LogP contribution in [0.4, 0.5) is 18.9 Å². The summed E-state index contributed by atoms with van der Waals surface area (Å²) < 4.78 is 49.5. The van der Waals surface area contributed by atoms with Gasteiger partial charge in [0.25, 0.3) is 0 Å². The van der Waals surface area contributed by atoms with Crippen LogP contribution >= 0.6 is 0 Å². The fourth-order valence-electron chi connectivity index (χ4n) is 9.93. The summed E-state index contributed by atoms with van der Waals surface area (Å²) in [5, 5.41) is 3.90. The van der Waals surface area contributed by atoms with Crippen LogP contribution in [-0.4, -0.2) is 9.13 Å². The molecule has 6 heteroatoms. The van der Waals surface area contributed by atoms with Crippen molar-refractivity contribution in [3.05, 3.63) is 248 Å². The molecular weight excluding hydrogens is 844 g/mol.